The lowest BCUT2D eigenvalue weighted by molar-refractivity contribution is -0.128. The van der Waals surface area contributed by atoms with E-state index in [1.165, 1.54) is 5.56 Å². The molecule has 1 saturated heterocycles. The molecule has 1 aromatic carbocycles. The van der Waals surface area contributed by atoms with Gasteiger partial charge in [-0.2, -0.15) is 0 Å². The molecule has 1 amide bonds. The maximum atomic E-state index is 12.3. The van der Waals surface area contributed by atoms with Crippen LogP contribution in [0.1, 0.15) is 59.9 Å². The van der Waals surface area contributed by atoms with E-state index in [2.05, 4.69) is 45.1 Å². The number of benzene rings is 1. The van der Waals surface area contributed by atoms with Gasteiger partial charge in [0.15, 0.2) is 0 Å². The summed E-state index contributed by atoms with van der Waals surface area (Å²) in [6.45, 7) is 14.6. The van der Waals surface area contributed by atoms with Crippen molar-refractivity contribution >= 4 is 13.0 Å². The Labute approximate surface area is 152 Å². The fourth-order valence-electron chi connectivity index (χ4n) is 2.84. The van der Waals surface area contributed by atoms with Gasteiger partial charge in [0.25, 0.3) is 0 Å². The molecule has 1 aliphatic rings. The van der Waals surface area contributed by atoms with E-state index in [-0.39, 0.29) is 30.1 Å². The van der Waals surface area contributed by atoms with E-state index < -0.39 is 5.41 Å². The summed E-state index contributed by atoms with van der Waals surface area (Å²) in [6, 6.07) is 10.2. The van der Waals surface area contributed by atoms with Gasteiger partial charge in [-0.05, 0) is 45.5 Å². The van der Waals surface area contributed by atoms with Gasteiger partial charge >= 0.3 is 7.12 Å². The third-order valence-corrected chi connectivity index (χ3v) is 5.24. The molecule has 0 aromatic heterocycles. The second-order valence-corrected chi connectivity index (χ2v) is 8.99. The molecule has 0 radical (unpaired) electrons. The average molecular weight is 345 g/mol. The zero-order valence-electron chi connectivity index (χ0n) is 16.7. The van der Waals surface area contributed by atoms with Crippen LogP contribution in [0.25, 0.3) is 0 Å². The van der Waals surface area contributed by atoms with Gasteiger partial charge in [0, 0.05) is 12.0 Å². The molecule has 1 N–H and O–H groups in total. The number of hydrogen-bond acceptors (Lipinski definition) is 3. The fourth-order valence-corrected chi connectivity index (χ4v) is 2.84. The molecule has 2 rings (SSSR count). The van der Waals surface area contributed by atoms with Gasteiger partial charge in [0.2, 0.25) is 5.91 Å². The second kappa shape index (κ2) is 7.12. The first kappa shape index (κ1) is 20.0. The number of carbonyl (C=O) groups excluding carboxylic acids is 1. The maximum Gasteiger partial charge on any atom is 0.458 e. The molecule has 5 heteroatoms. The minimum atomic E-state index is -0.397. The van der Waals surface area contributed by atoms with E-state index in [0.717, 1.165) is 0 Å². The van der Waals surface area contributed by atoms with Crippen LogP contribution >= 0.6 is 0 Å². The maximum absolute atomic E-state index is 12.3. The zero-order valence-corrected chi connectivity index (χ0v) is 16.7. The van der Waals surface area contributed by atoms with Crippen LogP contribution in [0.15, 0.2) is 30.3 Å². The third kappa shape index (κ3) is 4.86. The van der Waals surface area contributed by atoms with Gasteiger partial charge < -0.3 is 14.6 Å². The van der Waals surface area contributed by atoms with Gasteiger partial charge in [0.05, 0.1) is 11.2 Å². The Bertz CT molecular complexity index is 577. The Morgan fingerprint density at radius 3 is 2.08 bits per heavy atom. The summed E-state index contributed by atoms with van der Waals surface area (Å²) in [5.41, 5.74) is 0.110. The molecular weight excluding hydrogens is 313 g/mol. The lowest BCUT2D eigenvalue weighted by Gasteiger charge is -2.32. The zero-order chi connectivity index (χ0) is 18.9. The molecule has 138 valence electrons. The minimum Gasteiger partial charge on any atom is -0.403 e. The molecule has 1 aliphatic heterocycles. The van der Waals surface area contributed by atoms with Crippen molar-refractivity contribution in [3.05, 3.63) is 35.9 Å². The first-order valence-corrected chi connectivity index (χ1v) is 9.11. The van der Waals surface area contributed by atoms with Crippen LogP contribution in [-0.2, 0) is 14.1 Å². The van der Waals surface area contributed by atoms with Crippen LogP contribution in [0.4, 0.5) is 0 Å². The molecular formula is C20H32BNO3. The van der Waals surface area contributed by atoms with Crippen LogP contribution in [-0.4, -0.2) is 30.8 Å². The third-order valence-electron chi connectivity index (χ3n) is 5.24. The van der Waals surface area contributed by atoms with Gasteiger partial charge in [-0.3, -0.25) is 4.79 Å². The summed E-state index contributed by atoms with van der Waals surface area (Å²) in [5.74, 6) is 0.199. The van der Waals surface area contributed by atoms with Crippen molar-refractivity contribution in [3.8, 4) is 0 Å². The summed E-state index contributed by atoms with van der Waals surface area (Å²) in [7, 11) is -0.276. The van der Waals surface area contributed by atoms with Crippen molar-refractivity contribution in [2.45, 2.75) is 71.9 Å². The van der Waals surface area contributed by atoms with Crippen LogP contribution in [0.5, 0.6) is 0 Å². The molecule has 0 spiro atoms. The predicted octanol–water partition coefficient (Wildman–Crippen LogP) is 4.02. The highest BCUT2D eigenvalue weighted by molar-refractivity contribution is 6.45. The fraction of sp³-hybridized carbons (Fsp3) is 0.650. The van der Waals surface area contributed by atoms with Crippen molar-refractivity contribution < 1.29 is 14.1 Å². The SMILES string of the molecule is CC(C)(C)C(=O)NCC(CB1OC(C)(C)C(C)(C)O1)c1ccccc1. The molecule has 1 unspecified atom stereocenters. The smallest absolute Gasteiger partial charge is 0.403 e. The number of hydrogen-bond donors (Lipinski definition) is 1. The molecule has 1 fully saturated rings. The van der Waals surface area contributed by atoms with Crippen LogP contribution in [0, 0.1) is 5.41 Å². The lowest BCUT2D eigenvalue weighted by atomic mass is 9.74. The van der Waals surface area contributed by atoms with Gasteiger partial charge in [0.1, 0.15) is 0 Å². The topological polar surface area (TPSA) is 47.6 Å². The van der Waals surface area contributed by atoms with Gasteiger partial charge in [-0.1, -0.05) is 51.1 Å². The average Bonchev–Trinajstić information content (AvgIpc) is 2.70. The molecule has 0 saturated carbocycles. The Morgan fingerprint density at radius 1 is 1.08 bits per heavy atom. The van der Waals surface area contributed by atoms with E-state index in [1.54, 1.807) is 0 Å². The van der Waals surface area contributed by atoms with Crippen molar-refractivity contribution in [2.24, 2.45) is 5.41 Å². The van der Waals surface area contributed by atoms with Crippen molar-refractivity contribution in [3.63, 3.8) is 0 Å². The summed E-state index contributed by atoms with van der Waals surface area (Å²) < 4.78 is 12.3. The Balaban J connectivity index is 2.10. The predicted molar refractivity (Wildman–Crippen MR) is 103 cm³/mol. The standard InChI is InChI=1S/C20H32BNO3/c1-18(2,3)17(23)22-14-16(15-11-9-8-10-12-15)13-21-24-19(4,5)20(6,7)25-21/h8-12,16H,13-14H2,1-7H3,(H,22,23). The van der Waals surface area contributed by atoms with E-state index in [1.807, 2.05) is 39.0 Å². The first-order chi connectivity index (χ1) is 11.4. The number of rotatable bonds is 5. The van der Waals surface area contributed by atoms with Crippen molar-refractivity contribution in [2.75, 3.05) is 6.54 Å². The highest BCUT2D eigenvalue weighted by atomic mass is 16.7. The Morgan fingerprint density at radius 2 is 1.60 bits per heavy atom. The molecule has 4 nitrogen and oxygen atoms in total. The van der Waals surface area contributed by atoms with E-state index in [9.17, 15) is 4.79 Å². The van der Waals surface area contributed by atoms with E-state index >= 15 is 0 Å². The van der Waals surface area contributed by atoms with Crippen LogP contribution < -0.4 is 5.32 Å². The highest BCUT2D eigenvalue weighted by Gasteiger charge is 2.51. The summed E-state index contributed by atoms with van der Waals surface area (Å²) in [5, 5.41) is 3.09. The Hall–Kier alpha value is -1.33. The molecule has 0 bridgehead atoms. The highest BCUT2D eigenvalue weighted by Crippen LogP contribution is 2.39. The van der Waals surface area contributed by atoms with Crippen LogP contribution in [0.3, 0.4) is 0 Å². The lowest BCUT2D eigenvalue weighted by Crippen LogP contribution is -2.41. The first-order valence-electron chi connectivity index (χ1n) is 9.11. The quantitative estimate of drug-likeness (QED) is 0.820. The second-order valence-electron chi connectivity index (χ2n) is 8.99. The normalized spacial score (nSPS) is 20.4. The van der Waals surface area contributed by atoms with Gasteiger partial charge in [-0.15, -0.1) is 0 Å². The van der Waals surface area contributed by atoms with Crippen LogP contribution in [0.2, 0.25) is 6.32 Å². The molecule has 1 aromatic rings. The largest absolute Gasteiger partial charge is 0.458 e. The summed E-state index contributed by atoms with van der Waals surface area (Å²) in [6.07, 6.45) is 0.710. The molecule has 1 atom stereocenters. The van der Waals surface area contributed by atoms with E-state index in [0.29, 0.717) is 12.9 Å². The summed E-state index contributed by atoms with van der Waals surface area (Å²) >= 11 is 0. The number of carbonyl (C=O) groups is 1. The molecule has 25 heavy (non-hydrogen) atoms. The van der Waals surface area contributed by atoms with Gasteiger partial charge in [-0.25, -0.2) is 0 Å². The minimum absolute atomic E-state index is 0.0577. The molecule has 0 aliphatic carbocycles. The van der Waals surface area contributed by atoms with Crippen molar-refractivity contribution in [1.29, 1.82) is 0 Å². The monoisotopic (exact) mass is 345 g/mol. The molecule has 1 heterocycles. The van der Waals surface area contributed by atoms with Crippen molar-refractivity contribution in [1.82, 2.24) is 5.32 Å². The number of nitrogens with one attached hydrogen (secondary N) is 1. The van der Waals surface area contributed by atoms with E-state index in [4.69, 9.17) is 9.31 Å². The Kier molecular flexibility index (Phi) is 5.70. The number of amides is 1. The summed E-state index contributed by atoms with van der Waals surface area (Å²) in [4.78, 5) is 12.3.